The van der Waals surface area contributed by atoms with Gasteiger partial charge in [-0.3, -0.25) is 9.69 Å². The number of Topliss-reactive ketones (excluding diaryl/α,β-unsaturated/α-hetero) is 1. The van der Waals surface area contributed by atoms with Gasteiger partial charge in [-0.05, 0) is 47.2 Å². The minimum Gasteiger partial charge on any atom is -0.379 e. The molecule has 0 aromatic carbocycles. The van der Waals surface area contributed by atoms with E-state index >= 15 is 0 Å². The summed E-state index contributed by atoms with van der Waals surface area (Å²) in [6, 6.07) is 0. The third-order valence-corrected chi connectivity index (χ3v) is 4.31. The maximum atomic E-state index is 12.5. The number of rotatable bonds is 6. The molecule has 17 heavy (non-hydrogen) atoms. The van der Waals surface area contributed by atoms with Crippen LogP contribution in [0, 0.1) is 0 Å². The lowest BCUT2D eigenvalue weighted by Crippen LogP contribution is -2.49. The van der Waals surface area contributed by atoms with Crippen molar-refractivity contribution in [2.24, 2.45) is 0 Å². The predicted octanol–water partition coefficient (Wildman–Crippen LogP) is 2.64. The van der Waals surface area contributed by atoms with Crippen LogP contribution in [-0.2, 0) is 9.53 Å². The number of nitrogens with zero attached hydrogens (tertiary/aromatic N) is 1. The largest absolute Gasteiger partial charge is 0.379 e. The Morgan fingerprint density at radius 1 is 1.29 bits per heavy atom. The highest BCUT2D eigenvalue weighted by Crippen LogP contribution is 2.36. The monoisotopic (exact) mass is 241 g/mol. The summed E-state index contributed by atoms with van der Waals surface area (Å²) in [6.07, 6.45) is 5.82. The molecule has 0 amide bonds. The van der Waals surface area contributed by atoms with E-state index in [1.807, 2.05) is 27.9 Å². The Kier molecular flexibility index (Phi) is 4.73. The van der Waals surface area contributed by atoms with E-state index in [0.29, 0.717) is 12.2 Å². The fraction of sp³-hybridized carbons (Fsp3) is 0.929. The average molecular weight is 241 g/mol. The standard InChI is InChI=1S/C14H27NO2/c1-13(2,17-5)11-8-12(16)14(15(3)4)9-6-7-10-14/h6-11H2,1-5H3. The Balaban J connectivity index is 2.62. The lowest BCUT2D eigenvalue weighted by Gasteiger charge is -2.35. The molecule has 1 aliphatic carbocycles. The third-order valence-electron chi connectivity index (χ3n) is 4.31. The molecule has 1 saturated carbocycles. The van der Waals surface area contributed by atoms with Gasteiger partial charge >= 0.3 is 0 Å². The van der Waals surface area contributed by atoms with Crippen molar-refractivity contribution in [1.29, 1.82) is 0 Å². The fourth-order valence-corrected chi connectivity index (χ4v) is 2.68. The Bertz CT molecular complexity index is 265. The number of ether oxygens (including phenoxy) is 1. The van der Waals surface area contributed by atoms with Crippen LogP contribution in [0.3, 0.4) is 0 Å². The van der Waals surface area contributed by atoms with E-state index in [4.69, 9.17) is 4.74 Å². The zero-order valence-electron chi connectivity index (χ0n) is 12.0. The van der Waals surface area contributed by atoms with Crippen molar-refractivity contribution < 1.29 is 9.53 Å². The van der Waals surface area contributed by atoms with Gasteiger partial charge in [-0.15, -0.1) is 0 Å². The van der Waals surface area contributed by atoms with Crippen LogP contribution in [0.25, 0.3) is 0 Å². The van der Waals surface area contributed by atoms with Gasteiger partial charge in [-0.2, -0.15) is 0 Å². The minimum atomic E-state index is -0.193. The highest BCUT2D eigenvalue weighted by Gasteiger charge is 2.42. The van der Waals surface area contributed by atoms with Crippen LogP contribution in [0.5, 0.6) is 0 Å². The highest BCUT2D eigenvalue weighted by molar-refractivity contribution is 5.88. The van der Waals surface area contributed by atoms with Crippen LogP contribution in [0.15, 0.2) is 0 Å². The number of hydrogen-bond donors (Lipinski definition) is 0. The Morgan fingerprint density at radius 3 is 2.24 bits per heavy atom. The molecule has 0 aliphatic heterocycles. The van der Waals surface area contributed by atoms with E-state index in [1.54, 1.807) is 7.11 Å². The predicted molar refractivity (Wildman–Crippen MR) is 70.2 cm³/mol. The molecule has 0 saturated heterocycles. The molecule has 100 valence electrons. The molecule has 1 rings (SSSR count). The van der Waals surface area contributed by atoms with Crippen LogP contribution in [0.2, 0.25) is 0 Å². The molecular weight excluding hydrogens is 214 g/mol. The lowest BCUT2D eigenvalue weighted by molar-refractivity contribution is -0.131. The summed E-state index contributed by atoms with van der Waals surface area (Å²) in [4.78, 5) is 14.6. The summed E-state index contributed by atoms with van der Waals surface area (Å²) in [7, 11) is 5.77. The molecule has 1 aliphatic rings. The first-order valence-electron chi connectivity index (χ1n) is 6.60. The summed E-state index contributed by atoms with van der Waals surface area (Å²) in [6.45, 7) is 4.08. The van der Waals surface area contributed by atoms with Gasteiger partial charge in [-0.1, -0.05) is 12.8 Å². The first-order chi connectivity index (χ1) is 7.84. The van der Waals surface area contributed by atoms with Crippen molar-refractivity contribution in [3.05, 3.63) is 0 Å². The maximum Gasteiger partial charge on any atom is 0.153 e. The Morgan fingerprint density at radius 2 is 1.82 bits per heavy atom. The molecule has 0 radical (unpaired) electrons. The maximum absolute atomic E-state index is 12.5. The van der Waals surface area contributed by atoms with E-state index in [2.05, 4.69) is 4.90 Å². The molecule has 1 fully saturated rings. The van der Waals surface area contributed by atoms with E-state index in [1.165, 1.54) is 12.8 Å². The quantitative estimate of drug-likeness (QED) is 0.716. The molecule has 0 bridgehead atoms. The van der Waals surface area contributed by atoms with Crippen molar-refractivity contribution in [3.63, 3.8) is 0 Å². The smallest absolute Gasteiger partial charge is 0.153 e. The second-order valence-electron chi connectivity index (χ2n) is 6.02. The van der Waals surface area contributed by atoms with E-state index in [-0.39, 0.29) is 11.1 Å². The Labute approximate surface area is 106 Å². The van der Waals surface area contributed by atoms with Crippen molar-refractivity contribution in [2.45, 2.75) is 63.5 Å². The molecule has 0 heterocycles. The summed E-state index contributed by atoms with van der Waals surface area (Å²) in [5.74, 6) is 0.394. The molecule has 0 N–H and O–H groups in total. The van der Waals surface area contributed by atoms with Gasteiger partial charge in [-0.25, -0.2) is 0 Å². The molecular formula is C14H27NO2. The number of likely N-dealkylation sites (N-methyl/N-ethyl adjacent to an activating group) is 1. The van der Waals surface area contributed by atoms with Crippen LogP contribution in [0.4, 0.5) is 0 Å². The third kappa shape index (κ3) is 3.29. The van der Waals surface area contributed by atoms with Crippen molar-refractivity contribution in [2.75, 3.05) is 21.2 Å². The van der Waals surface area contributed by atoms with Crippen molar-refractivity contribution in [1.82, 2.24) is 4.90 Å². The van der Waals surface area contributed by atoms with Gasteiger partial charge < -0.3 is 4.74 Å². The highest BCUT2D eigenvalue weighted by atomic mass is 16.5. The number of ketones is 1. The molecule has 0 spiro atoms. The number of carbonyl (C=O) groups excluding carboxylic acids is 1. The summed E-state index contributed by atoms with van der Waals surface area (Å²) in [5, 5.41) is 0. The zero-order chi connectivity index (χ0) is 13.1. The number of carbonyl (C=O) groups is 1. The van der Waals surface area contributed by atoms with E-state index in [9.17, 15) is 4.79 Å². The fourth-order valence-electron chi connectivity index (χ4n) is 2.68. The minimum absolute atomic E-state index is 0.191. The van der Waals surface area contributed by atoms with Crippen molar-refractivity contribution >= 4 is 5.78 Å². The summed E-state index contributed by atoms with van der Waals surface area (Å²) < 4.78 is 5.38. The van der Waals surface area contributed by atoms with Gasteiger partial charge in [0.25, 0.3) is 0 Å². The van der Waals surface area contributed by atoms with Crippen LogP contribution in [0.1, 0.15) is 52.4 Å². The first-order valence-corrected chi connectivity index (χ1v) is 6.60. The first kappa shape index (κ1) is 14.7. The van der Waals surface area contributed by atoms with Gasteiger partial charge in [0.15, 0.2) is 5.78 Å². The van der Waals surface area contributed by atoms with Crippen LogP contribution in [-0.4, -0.2) is 43.0 Å². The van der Waals surface area contributed by atoms with Gasteiger partial charge in [0, 0.05) is 13.5 Å². The molecule has 0 aromatic rings. The van der Waals surface area contributed by atoms with Crippen LogP contribution < -0.4 is 0 Å². The van der Waals surface area contributed by atoms with Gasteiger partial charge in [0.1, 0.15) is 0 Å². The number of hydrogen-bond acceptors (Lipinski definition) is 3. The molecule has 0 atom stereocenters. The van der Waals surface area contributed by atoms with Gasteiger partial charge in [0.05, 0.1) is 11.1 Å². The lowest BCUT2D eigenvalue weighted by atomic mass is 9.86. The van der Waals surface area contributed by atoms with E-state index in [0.717, 1.165) is 19.3 Å². The molecule has 3 heteroatoms. The Hall–Kier alpha value is -0.410. The average Bonchev–Trinajstić information content (AvgIpc) is 2.76. The van der Waals surface area contributed by atoms with Gasteiger partial charge in [0.2, 0.25) is 0 Å². The molecule has 0 aromatic heterocycles. The SMILES string of the molecule is COC(C)(C)CCC(=O)C1(N(C)C)CCCC1. The second kappa shape index (κ2) is 5.49. The van der Waals surface area contributed by atoms with Crippen LogP contribution >= 0.6 is 0 Å². The second-order valence-corrected chi connectivity index (χ2v) is 6.02. The normalized spacial score (nSPS) is 19.9. The topological polar surface area (TPSA) is 29.5 Å². The number of methoxy groups -OCH3 is 1. The summed E-state index contributed by atoms with van der Waals surface area (Å²) in [5.41, 5.74) is -0.383. The van der Waals surface area contributed by atoms with E-state index < -0.39 is 0 Å². The summed E-state index contributed by atoms with van der Waals surface area (Å²) >= 11 is 0. The zero-order valence-corrected chi connectivity index (χ0v) is 12.0. The molecule has 0 unspecified atom stereocenters. The van der Waals surface area contributed by atoms with Crippen molar-refractivity contribution in [3.8, 4) is 0 Å². The molecule has 3 nitrogen and oxygen atoms in total.